The van der Waals surface area contributed by atoms with E-state index in [1.54, 1.807) is 0 Å². The molecule has 0 amide bonds. The monoisotopic (exact) mass is 264 g/mol. The van der Waals surface area contributed by atoms with E-state index in [1.807, 2.05) is 18.2 Å². The Morgan fingerprint density at radius 1 is 1.17 bits per heavy atom. The molecule has 1 aromatic heterocycles. The van der Waals surface area contributed by atoms with Gasteiger partial charge in [0.25, 0.3) is 0 Å². The van der Waals surface area contributed by atoms with E-state index in [1.165, 1.54) is 0 Å². The molecule has 2 rings (SSSR count). The molecule has 0 radical (unpaired) electrons. The van der Waals surface area contributed by atoms with Gasteiger partial charge in [0, 0.05) is 6.54 Å². The molecule has 0 bridgehead atoms. The van der Waals surface area contributed by atoms with E-state index >= 15 is 0 Å². The van der Waals surface area contributed by atoms with Crippen molar-refractivity contribution >= 4 is 30.4 Å². The fraction of sp³-hybridized carbons (Fsp3) is 0.417. The largest absolute Gasteiger partial charge is 0.451 e. The van der Waals surface area contributed by atoms with Gasteiger partial charge in [0.2, 0.25) is 0 Å². The van der Waals surface area contributed by atoms with E-state index in [9.17, 15) is 0 Å². The van der Waals surface area contributed by atoms with Gasteiger partial charge in [-0.3, -0.25) is 0 Å². The van der Waals surface area contributed by atoms with Crippen LogP contribution in [0.2, 0.25) is 6.32 Å². The van der Waals surface area contributed by atoms with Crippen LogP contribution in [0.5, 0.6) is 0 Å². The summed E-state index contributed by atoms with van der Waals surface area (Å²) >= 11 is 5.30. The molecule has 0 aliphatic heterocycles. The summed E-state index contributed by atoms with van der Waals surface area (Å²) in [4.78, 5) is 3.18. The van der Waals surface area contributed by atoms with Crippen LogP contribution in [0.15, 0.2) is 24.3 Å². The Balaban J connectivity index is 1.95. The lowest BCUT2D eigenvalue weighted by atomic mass is 9.83. The molecule has 0 atom stereocenters. The molecule has 0 saturated carbocycles. The fourth-order valence-electron chi connectivity index (χ4n) is 2.10. The van der Waals surface area contributed by atoms with Crippen molar-refractivity contribution in [1.29, 1.82) is 0 Å². The third-order valence-electron chi connectivity index (χ3n) is 3.03. The number of nitrogens with one attached hydrogen (secondary N) is 1. The minimum absolute atomic E-state index is 0.444. The first-order valence-corrected chi connectivity index (χ1v) is 6.63. The summed E-state index contributed by atoms with van der Waals surface area (Å²) in [5.74, 6) is 0. The van der Waals surface area contributed by atoms with Gasteiger partial charge in [0.15, 0.2) is 4.77 Å². The van der Waals surface area contributed by atoms with E-state index in [4.69, 9.17) is 22.3 Å². The molecular formula is C12H17BN2O2S. The van der Waals surface area contributed by atoms with E-state index < -0.39 is 7.12 Å². The van der Waals surface area contributed by atoms with Crippen molar-refractivity contribution in [2.24, 2.45) is 0 Å². The molecule has 0 unspecified atom stereocenters. The Kier molecular flexibility index (Phi) is 4.57. The Morgan fingerprint density at radius 2 is 1.94 bits per heavy atom. The lowest BCUT2D eigenvalue weighted by Gasteiger charge is -2.04. The van der Waals surface area contributed by atoms with E-state index in [0.29, 0.717) is 6.32 Å². The predicted molar refractivity (Wildman–Crippen MR) is 76.0 cm³/mol. The summed E-state index contributed by atoms with van der Waals surface area (Å²) in [5.41, 5.74) is 2.19. The van der Waals surface area contributed by atoms with Crippen LogP contribution >= 0.6 is 12.2 Å². The minimum Gasteiger partial charge on any atom is -0.427 e. The number of rotatable bonds is 6. The van der Waals surface area contributed by atoms with Crippen LogP contribution in [-0.4, -0.2) is 26.7 Å². The molecule has 3 N–H and O–H groups in total. The summed E-state index contributed by atoms with van der Waals surface area (Å²) in [6, 6.07) is 8.06. The summed E-state index contributed by atoms with van der Waals surface area (Å²) in [5, 5.41) is 17.5. The first-order chi connectivity index (χ1) is 8.68. The third kappa shape index (κ3) is 3.22. The van der Waals surface area contributed by atoms with Crippen molar-refractivity contribution in [3.63, 3.8) is 0 Å². The highest BCUT2D eigenvalue weighted by Crippen LogP contribution is 2.15. The first kappa shape index (κ1) is 13.3. The maximum atomic E-state index is 8.75. The number of H-pyrrole nitrogens is 1. The Labute approximate surface area is 111 Å². The van der Waals surface area contributed by atoms with Crippen LogP contribution in [0, 0.1) is 4.77 Å². The first-order valence-electron chi connectivity index (χ1n) is 6.22. The van der Waals surface area contributed by atoms with Crippen LogP contribution < -0.4 is 0 Å². The van der Waals surface area contributed by atoms with Crippen molar-refractivity contribution in [2.75, 3.05) is 0 Å². The highest BCUT2D eigenvalue weighted by atomic mass is 32.1. The number of para-hydroxylation sites is 2. The van der Waals surface area contributed by atoms with Gasteiger partial charge in [-0.05, 0) is 37.1 Å². The zero-order valence-electron chi connectivity index (χ0n) is 10.2. The van der Waals surface area contributed by atoms with Crippen molar-refractivity contribution in [3.05, 3.63) is 29.0 Å². The average Bonchev–Trinajstić information content (AvgIpc) is 2.65. The van der Waals surface area contributed by atoms with Crippen LogP contribution in [0.4, 0.5) is 0 Å². The molecule has 0 saturated heterocycles. The summed E-state index contributed by atoms with van der Waals surface area (Å²) < 4.78 is 2.85. The van der Waals surface area contributed by atoms with E-state index in [-0.39, 0.29) is 0 Å². The predicted octanol–water partition coefficient (Wildman–Crippen LogP) is 2.34. The fourth-order valence-corrected chi connectivity index (χ4v) is 2.40. The van der Waals surface area contributed by atoms with Gasteiger partial charge in [-0.25, -0.2) is 0 Å². The topological polar surface area (TPSA) is 61.2 Å². The molecule has 6 heteroatoms. The number of unbranched alkanes of at least 4 members (excludes halogenated alkanes) is 2. The van der Waals surface area contributed by atoms with Gasteiger partial charge in [-0.15, -0.1) is 0 Å². The second-order valence-electron chi connectivity index (χ2n) is 4.43. The molecule has 0 spiro atoms. The molecule has 96 valence electrons. The number of imidazole rings is 1. The number of aryl methyl sites for hydroxylation is 1. The van der Waals surface area contributed by atoms with Crippen molar-refractivity contribution in [2.45, 2.75) is 32.1 Å². The molecule has 1 aromatic carbocycles. The number of benzene rings is 1. The minimum atomic E-state index is -1.18. The standard InChI is InChI=1S/C12H17BN2O2S/c16-13(17)8-4-1-5-9-15-11-7-3-2-6-10(11)14-12(15)18/h2-3,6-7,16-17H,1,4-5,8-9H2,(H,14,18). The van der Waals surface area contributed by atoms with Gasteiger partial charge >= 0.3 is 7.12 Å². The highest BCUT2D eigenvalue weighted by Gasteiger charge is 2.06. The van der Waals surface area contributed by atoms with E-state index in [0.717, 1.165) is 41.6 Å². The molecule has 1 heterocycles. The van der Waals surface area contributed by atoms with Crippen molar-refractivity contribution in [1.82, 2.24) is 9.55 Å². The summed E-state index contributed by atoms with van der Waals surface area (Å²) in [7, 11) is -1.18. The lowest BCUT2D eigenvalue weighted by Crippen LogP contribution is -2.09. The maximum absolute atomic E-state index is 8.75. The summed E-state index contributed by atoms with van der Waals surface area (Å²) in [6.07, 6.45) is 3.23. The average molecular weight is 264 g/mol. The molecular weight excluding hydrogens is 247 g/mol. The van der Waals surface area contributed by atoms with E-state index in [2.05, 4.69) is 15.6 Å². The van der Waals surface area contributed by atoms with Gasteiger partial charge in [0.05, 0.1) is 11.0 Å². The number of aromatic amines is 1. The number of hydrogen-bond donors (Lipinski definition) is 3. The molecule has 4 nitrogen and oxygen atoms in total. The van der Waals surface area contributed by atoms with Gasteiger partial charge < -0.3 is 19.6 Å². The van der Waals surface area contributed by atoms with Crippen LogP contribution in [0.3, 0.4) is 0 Å². The Bertz CT molecular complexity index is 564. The zero-order chi connectivity index (χ0) is 13.0. The number of hydrogen-bond acceptors (Lipinski definition) is 3. The van der Waals surface area contributed by atoms with Gasteiger partial charge in [0.1, 0.15) is 0 Å². The normalized spacial score (nSPS) is 11.0. The molecule has 2 aromatic rings. The number of aromatic nitrogens is 2. The second kappa shape index (κ2) is 6.18. The lowest BCUT2D eigenvalue weighted by molar-refractivity contribution is 0.401. The molecule has 0 fully saturated rings. The van der Waals surface area contributed by atoms with Crippen LogP contribution in [0.1, 0.15) is 19.3 Å². The van der Waals surface area contributed by atoms with Crippen molar-refractivity contribution < 1.29 is 10.0 Å². The third-order valence-corrected chi connectivity index (χ3v) is 3.35. The number of fused-ring (bicyclic) bond motifs is 1. The second-order valence-corrected chi connectivity index (χ2v) is 4.82. The quantitative estimate of drug-likeness (QED) is 0.426. The van der Waals surface area contributed by atoms with Crippen molar-refractivity contribution in [3.8, 4) is 0 Å². The van der Waals surface area contributed by atoms with Crippen LogP contribution in [0.25, 0.3) is 11.0 Å². The summed E-state index contributed by atoms with van der Waals surface area (Å²) in [6.45, 7) is 0.865. The highest BCUT2D eigenvalue weighted by molar-refractivity contribution is 7.71. The SMILES string of the molecule is OB(O)CCCCCn1c(=S)[nH]c2ccccc21. The molecule has 0 aliphatic carbocycles. The maximum Gasteiger partial charge on any atom is 0.451 e. The number of nitrogens with zero attached hydrogens (tertiary/aromatic N) is 1. The molecule has 18 heavy (non-hydrogen) atoms. The smallest absolute Gasteiger partial charge is 0.427 e. The molecule has 0 aliphatic rings. The zero-order valence-corrected chi connectivity index (χ0v) is 11.0. The van der Waals surface area contributed by atoms with Gasteiger partial charge in [-0.2, -0.15) is 0 Å². The van der Waals surface area contributed by atoms with Crippen LogP contribution in [-0.2, 0) is 6.54 Å². The Morgan fingerprint density at radius 3 is 2.72 bits per heavy atom. The van der Waals surface area contributed by atoms with Gasteiger partial charge in [-0.1, -0.05) is 25.0 Å². The Hall–Kier alpha value is -1.11.